The van der Waals surface area contributed by atoms with Gasteiger partial charge in [-0.05, 0) is 38.8 Å². The number of nitrogens with one attached hydrogen (secondary N) is 1. The van der Waals surface area contributed by atoms with Crippen molar-refractivity contribution in [3.63, 3.8) is 0 Å². The van der Waals surface area contributed by atoms with Gasteiger partial charge >= 0.3 is 0 Å². The largest absolute Gasteiger partial charge is 0.481 e. The molecule has 0 radical (unpaired) electrons. The van der Waals surface area contributed by atoms with Gasteiger partial charge in [0.15, 0.2) is 6.10 Å². The van der Waals surface area contributed by atoms with Gasteiger partial charge in [-0.25, -0.2) is 0 Å². The predicted molar refractivity (Wildman–Crippen MR) is 81.4 cm³/mol. The van der Waals surface area contributed by atoms with E-state index in [1.807, 2.05) is 25.1 Å². The standard InChI is InChI=1S/C16H25NO4/c1-11-6-7-14(12(2)18)15(10-11)21-13(3)16(19)17-8-5-9-20-4/h6-7,10,12-13,18H,5,8-9H2,1-4H3,(H,17,19)/t12-,13?/m0/s1. The Balaban J connectivity index is 2.63. The van der Waals surface area contributed by atoms with Crippen molar-refractivity contribution in [3.8, 4) is 5.75 Å². The lowest BCUT2D eigenvalue weighted by Gasteiger charge is -2.19. The summed E-state index contributed by atoms with van der Waals surface area (Å²) in [5.41, 5.74) is 1.70. The third kappa shape index (κ3) is 5.73. The zero-order chi connectivity index (χ0) is 15.8. The quantitative estimate of drug-likeness (QED) is 0.720. The van der Waals surface area contributed by atoms with E-state index in [9.17, 15) is 9.90 Å². The van der Waals surface area contributed by atoms with Crippen molar-refractivity contribution in [3.05, 3.63) is 29.3 Å². The first-order valence-electron chi connectivity index (χ1n) is 7.17. The molecule has 1 rings (SSSR count). The fourth-order valence-corrected chi connectivity index (χ4v) is 1.90. The molecule has 0 saturated carbocycles. The van der Waals surface area contributed by atoms with Gasteiger partial charge in [-0.15, -0.1) is 0 Å². The number of ether oxygens (including phenoxy) is 2. The Morgan fingerprint density at radius 3 is 2.71 bits per heavy atom. The third-order valence-corrected chi connectivity index (χ3v) is 3.12. The van der Waals surface area contributed by atoms with E-state index >= 15 is 0 Å². The lowest BCUT2D eigenvalue weighted by Crippen LogP contribution is -2.37. The monoisotopic (exact) mass is 295 g/mol. The minimum atomic E-state index is -0.641. The van der Waals surface area contributed by atoms with Crippen LogP contribution in [0.1, 0.15) is 37.5 Å². The van der Waals surface area contributed by atoms with Crippen LogP contribution in [0.25, 0.3) is 0 Å². The zero-order valence-electron chi connectivity index (χ0n) is 13.2. The molecule has 1 aromatic carbocycles. The lowest BCUT2D eigenvalue weighted by atomic mass is 10.1. The van der Waals surface area contributed by atoms with E-state index in [1.54, 1.807) is 21.0 Å². The number of aliphatic hydroxyl groups is 1. The molecule has 0 bridgehead atoms. The molecule has 1 amide bonds. The number of carbonyl (C=O) groups is 1. The predicted octanol–water partition coefficient (Wildman–Crippen LogP) is 1.97. The Morgan fingerprint density at radius 1 is 1.38 bits per heavy atom. The maximum absolute atomic E-state index is 11.9. The number of benzene rings is 1. The molecular weight excluding hydrogens is 270 g/mol. The fraction of sp³-hybridized carbons (Fsp3) is 0.562. The van der Waals surface area contributed by atoms with Gasteiger partial charge in [0.05, 0.1) is 6.10 Å². The molecule has 5 nitrogen and oxygen atoms in total. The summed E-state index contributed by atoms with van der Waals surface area (Å²) in [6.07, 6.45) is -0.498. The first-order chi connectivity index (χ1) is 9.95. The second-order valence-corrected chi connectivity index (χ2v) is 5.11. The van der Waals surface area contributed by atoms with E-state index < -0.39 is 12.2 Å². The third-order valence-electron chi connectivity index (χ3n) is 3.12. The Kier molecular flexibility index (Phi) is 7.19. The molecule has 0 fully saturated rings. The maximum Gasteiger partial charge on any atom is 0.260 e. The smallest absolute Gasteiger partial charge is 0.260 e. The normalized spacial score (nSPS) is 13.6. The molecule has 2 N–H and O–H groups in total. The van der Waals surface area contributed by atoms with Gasteiger partial charge in [-0.1, -0.05) is 12.1 Å². The summed E-state index contributed by atoms with van der Waals surface area (Å²) in [5.74, 6) is 0.369. The Labute approximate surface area is 126 Å². The number of aryl methyl sites for hydroxylation is 1. The van der Waals surface area contributed by atoms with Crippen LogP contribution in [0.2, 0.25) is 0 Å². The highest BCUT2D eigenvalue weighted by Crippen LogP contribution is 2.27. The second kappa shape index (κ2) is 8.64. The van der Waals surface area contributed by atoms with Gasteiger partial charge in [0, 0.05) is 25.8 Å². The number of hydrogen-bond acceptors (Lipinski definition) is 4. The summed E-state index contributed by atoms with van der Waals surface area (Å²) < 4.78 is 10.6. The molecule has 1 unspecified atom stereocenters. The van der Waals surface area contributed by atoms with Crippen molar-refractivity contribution in [2.45, 2.75) is 39.4 Å². The summed E-state index contributed by atoms with van der Waals surface area (Å²) in [7, 11) is 1.63. The number of rotatable bonds is 8. The SMILES string of the molecule is COCCCNC(=O)C(C)Oc1cc(C)ccc1[C@H](C)O. The van der Waals surface area contributed by atoms with Gasteiger partial charge in [-0.2, -0.15) is 0 Å². The molecule has 118 valence electrons. The summed E-state index contributed by atoms with van der Waals surface area (Å²) in [5, 5.41) is 12.5. The molecule has 0 spiro atoms. The number of carbonyl (C=O) groups excluding carboxylic acids is 1. The maximum atomic E-state index is 11.9. The van der Waals surface area contributed by atoms with Crippen molar-refractivity contribution in [2.75, 3.05) is 20.3 Å². The van der Waals surface area contributed by atoms with Gasteiger partial charge in [0.1, 0.15) is 5.75 Å². The molecule has 2 atom stereocenters. The molecule has 0 heterocycles. The summed E-state index contributed by atoms with van der Waals surface area (Å²) in [4.78, 5) is 11.9. The van der Waals surface area contributed by atoms with Crippen molar-refractivity contribution in [1.29, 1.82) is 0 Å². The fourth-order valence-electron chi connectivity index (χ4n) is 1.90. The topological polar surface area (TPSA) is 67.8 Å². The van der Waals surface area contributed by atoms with Crippen LogP contribution in [0.3, 0.4) is 0 Å². The second-order valence-electron chi connectivity index (χ2n) is 5.11. The highest BCUT2D eigenvalue weighted by molar-refractivity contribution is 5.80. The van der Waals surface area contributed by atoms with Gasteiger partial charge in [0.25, 0.3) is 5.91 Å². The van der Waals surface area contributed by atoms with Crippen molar-refractivity contribution in [2.24, 2.45) is 0 Å². The van der Waals surface area contributed by atoms with Crippen molar-refractivity contribution in [1.82, 2.24) is 5.32 Å². The molecular formula is C16H25NO4. The molecule has 0 saturated heterocycles. The van der Waals surface area contributed by atoms with Crippen LogP contribution in [-0.2, 0) is 9.53 Å². The highest BCUT2D eigenvalue weighted by atomic mass is 16.5. The van der Waals surface area contributed by atoms with Crippen molar-refractivity contribution < 1.29 is 19.4 Å². The summed E-state index contributed by atoms with van der Waals surface area (Å²) >= 11 is 0. The van der Waals surface area contributed by atoms with Crippen LogP contribution in [0.4, 0.5) is 0 Å². The summed E-state index contributed by atoms with van der Waals surface area (Å²) in [6.45, 7) is 6.47. The number of amides is 1. The Hall–Kier alpha value is -1.59. The van der Waals surface area contributed by atoms with Gasteiger partial charge in [-0.3, -0.25) is 4.79 Å². The minimum absolute atomic E-state index is 0.177. The number of hydrogen-bond donors (Lipinski definition) is 2. The average molecular weight is 295 g/mol. The molecule has 0 aliphatic heterocycles. The van der Waals surface area contributed by atoms with Crippen LogP contribution in [0, 0.1) is 6.92 Å². The molecule has 5 heteroatoms. The van der Waals surface area contributed by atoms with E-state index in [-0.39, 0.29) is 5.91 Å². The minimum Gasteiger partial charge on any atom is -0.481 e. The molecule has 0 aromatic heterocycles. The molecule has 0 aliphatic rings. The van der Waals surface area contributed by atoms with E-state index in [2.05, 4.69) is 5.32 Å². The first kappa shape index (κ1) is 17.5. The Bertz CT molecular complexity index is 460. The van der Waals surface area contributed by atoms with Gasteiger partial charge < -0.3 is 19.9 Å². The van der Waals surface area contributed by atoms with Crippen LogP contribution in [-0.4, -0.2) is 37.4 Å². The van der Waals surface area contributed by atoms with E-state index in [0.29, 0.717) is 24.5 Å². The number of aliphatic hydroxyl groups excluding tert-OH is 1. The van der Waals surface area contributed by atoms with E-state index in [1.165, 1.54) is 0 Å². The van der Waals surface area contributed by atoms with E-state index in [0.717, 1.165) is 12.0 Å². The summed E-state index contributed by atoms with van der Waals surface area (Å²) in [6, 6.07) is 5.56. The molecule has 1 aromatic rings. The van der Waals surface area contributed by atoms with Crippen molar-refractivity contribution >= 4 is 5.91 Å². The van der Waals surface area contributed by atoms with Crippen LogP contribution in [0.15, 0.2) is 18.2 Å². The average Bonchev–Trinajstić information content (AvgIpc) is 2.43. The van der Waals surface area contributed by atoms with Crippen LogP contribution >= 0.6 is 0 Å². The van der Waals surface area contributed by atoms with Gasteiger partial charge in [0.2, 0.25) is 0 Å². The van der Waals surface area contributed by atoms with Crippen LogP contribution in [0.5, 0.6) is 5.75 Å². The first-order valence-corrected chi connectivity index (χ1v) is 7.17. The van der Waals surface area contributed by atoms with E-state index in [4.69, 9.17) is 9.47 Å². The molecule has 21 heavy (non-hydrogen) atoms. The zero-order valence-corrected chi connectivity index (χ0v) is 13.2. The Morgan fingerprint density at radius 2 is 2.10 bits per heavy atom. The molecule has 0 aliphatic carbocycles. The lowest BCUT2D eigenvalue weighted by molar-refractivity contribution is -0.127. The number of methoxy groups -OCH3 is 1. The highest BCUT2D eigenvalue weighted by Gasteiger charge is 2.17. The van der Waals surface area contributed by atoms with Crippen LogP contribution < -0.4 is 10.1 Å².